The summed E-state index contributed by atoms with van der Waals surface area (Å²) in [5.74, 6) is -1.02. The highest BCUT2D eigenvalue weighted by Gasteiger charge is 2.21. The van der Waals surface area contributed by atoms with Crippen molar-refractivity contribution in [3.8, 4) is 0 Å². The zero-order valence-electron chi connectivity index (χ0n) is 37.6. The van der Waals surface area contributed by atoms with Crippen molar-refractivity contribution < 1.29 is 42.1 Å². The third-order valence-corrected chi connectivity index (χ3v) is 9.14. The van der Waals surface area contributed by atoms with Crippen LogP contribution < -0.4 is 4.89 Å². The van der Waals surface area contributed by atoms with E-state index in [0.29, 0.717) is 30.3 Å². The number of hydrogen-bond donors (Lipinski definition) is 0. The normalized spacial score (nSPS) is 14.8. The molecule has 0 bridgehead atoms. The highest BCUT2D eigenvalue weighted by atomic mass is 31.2. The van der Waals surface area contributed by atoms with Crippen molar-refractivity contribution in [2.45, 2.75) is 123 Å². The van der Waals surface area contributed by atoms with Crippen LogP contribution in [0.25, 0.3) is 0 Å². The lowest BCUT2D eigenvalue weighted by molar-refractivity contribution is -0.870. The van der Waals surface area contributed by atoms with Gasteiger partial charge in [0.1, 0.15) is 19.8 Å². The fraction of sp³-hybridized carbons (Fsp3) is 0.520. The van der Waals surface area contributed by atoms with E-state index in [-0.39, 0.29) is 26.1 Å². The fourth-order valence-corrected chi connectivity index (χ4v) is 5.56. The molecule has 0 heterocycles. The molecule has 0 saturated heterocycles. The predicted octanol–water partition coefficient (Wildman–Crippen LogP) is 12.0. The molecule has 0 saturated carbocycles. The molecule has 10 heteroatoms. The number of quaternary nitrogens is 1. The quantitative estimate of drug-likeness (QED) is 0.0200. The minimum absolute atomic E-state index is 0.0609. The van der Waals surface area contributed by atoms with Gasteiger partial charge in [0, 0.05) is 12.8 Å². The van der Waals surface area contributed by atoms with E-state index in [4.69, 9.17) is 18.5 Å². The van der Waals surface area contributed by atoms with Gasteiger partial charge in [0.15, 0.2) is 6.10 Å². The summed E-state index contributed by atoms with van der Waals surface area (Å²) in [7, 11) is 1.06. The van der Waals surface area contributed by atoms with Gasteiger partial charge < -0.3 is 27.9 Å². The average molecular weight is 852 g/mol. The number of carbonyl (C=O) groups is 2. The van der Waals surface area contributed by atoms with Crippen LogP contribution in [0.1, 0.15) is 117 Å². The van der Waals surface area contributed by atoms with Gasteiger partial charge in [0.05, 0.1) is 27.7 Å². The Morgan fingerprint density at radius 2 is 0.900 bits per heavy atom. The van der Waals surface area contributed by atoms with E-state index < -0.39 is 32.5 Å². The monoisotopic (exact) mass is 852 g/mol. The number of likely N-dealkylation sites (N-methyl/N-ethyl adjacent to an activating group) is 1. The molecule has 0 amide bonds. The largest absolute Gasteiger partial charge is 0.756 e. The summed E-state index contributed by atoms with van der Waals surface area (Å²) in [6.07, 6.45) is 58.0. The molecule has 0 aromatic rings. The number of phosphoric acid groups is 1. The number of nitrogens with zero attached hydrogens (tertiary/aromatic N) is 1. The summed E-state index contributed by atoms with van der Waals surface area (Å²) >= 11 is 0. The van der Waals surface area contributed by atoms with Crippen molar-refractivity contribution in [2.24, 2.45) is 0 Å². The van der Waals surface area contributed by atoms with Crippen molar-refractivity contribution in [1.29, 1.82) is 0 Å². The molecule has 0 aromatic heterocycles. The maximum absolute atomic E-state index is 12.7. The van der Waals surface area contributed by atoms with E-state index >= 15 is 0 Å². The van der Waals surface area contributed by atoms with E-state index in [9.17, 15) is 19.0 Å². The number of rotatable bonds is 37. The van der Waals surface area contributed by atoms with Gasteiger partial charge in [-0.1, -0.05) is 148 Å². The molecule has 9 nitrogen and oxygen atoms in total. The molecular formula is C50H78NO8P. The van der Waals surface area contributed by atoms with E-state index in [1.807, 2.05) is 39.4 Å². The zero-order valence-corrected chi connectivity index (χ0v) is 38.5. The van der Waals surface area contributed by atoms with Crippen molar-refractivity contribution in [3.63, 3.8) is 0 Å². The molecule has 0 spiro atoms. The third-order valence-electron chi connectivity index (χ3n) is 8.18. The molecule has 0 fully saturated rings. The van der Waals surface area contributed by atoms with Crippen LogP contribution in [0.4, 0.5) is 0 Å². The van der Waals surface area contributed by atoms with Crippen molar-refractivity contribution >= 4 is 19.8 Å². The van der Waals surface area contributed by atoms with E-state index in [0.717, 1.165) is 70.6 Å². The highest BCUT2D eigenvalue weighted by molar-refractivity contribution is 7.45. The second-order valence-electron chi connectivity index (χ2n) is 14.9. The van der Waals surface area contributed by atoms with Crippen LogP contribution in [0.15, 0.2) is 134 Å². The van der Waals surface area contributed by atoms with Gasteiger partial charge in [0.2, 0.25) is 0 Å². The summed E-state index contributed by atoms with van der Waals surface area (Å²) in [6, 6.07) is 0. The summed E-state index contributed by atoms with van der Waals surface area (Å²) < 4.78 is 33.7. The Balaban J connectivity index is 4.57. The van der Waals surface area contributed by atoms with Crippen LogP contribution in [0.5, 0.6) is 0 Å². The summed E-state index contributed by atoms with van der Waals surface area (Å²) in [6.45, 7) is 3.80. The van der Waals surface area contributed by atoms with Gasteiger partial charge in [-0.25, -0.2) is 0 Å². The molecule has 2 atom stereocenters. The number of hydrogen-bond acceptors (Lipinski definition) is 8. The number of unbranched alkanes of at least 4 members (excludes halogenated alkanes) is 1. The minimum atomic E-state index is -4.67. The molecule has 0 aromatic carbocycles. The first-order valence-electron chi connectivity index (χ1n) is 21.9. The Bertz CT molecular complexity index is 1470. The summed E-state index contributed by atoms with van der Waals surface area (Å²) in [5, 5.41) is 0. The van der Waals surface area contributed by atoms with Crippen LogP contribution in [-0.4, -0.2) is 70.0 Å². The maximum atomic E-state index is 12.7. The maximum Gasteiger partial charge on any atom is 0.306 e. The molecule has 2 unspecified atom stereocenters. The molecular weight excluding hydrogens is 774 g/mol. The van der Waals surface area contributed by atoms with Gasteiger partial charge in [0.25, 0.3) is 7.82 Å². The third kappa shape index (κ3) is 43.7. The first-order chi connectivity index (χ1) is 29.0. The van der Waals surface area contributed by atoms with Crippen LogP contribution >= 0.6 is 7.82 Å². The lowest BCUT2D eigenvalue weighted by Gasteiger charge is -2.28. The summed E-state index contributed by atoms with van der Waals surface area (Å²) in [5.41, 5.74) is 0. The number of carbonyl (C=O) groups excluding carboxylic acids is 2. The molecule has 0 N–H and O–H groups in total. The average Bonchev–Trinajstić information content (AvgIpc) is 3.20. The van der Waals surface area contributed by atoms with Gasteiger partial charge in [-0.15, -0.1) is 0 Å². The van der Waals surface area contributed by atoms with Crippen LogP contribution in [0.2, 0.25) is 0 Å². The smallest absolute Gasteiger partial charge is 0.306 e. The van der Waals surface area contributed by atoms with E-state index in [2.05, 4.69) is 129 Å². The number of esters is 2. The Morgan fingerprint density at radius 1 is 0.517 bits per heavy atom. The first kappa shape index (κ1) is 56.1. The Labute approximate surface area is 364 Å². The Hall–Kier alpha value is -3.85. The molecule has 0 rings (SSSR count). The van der Waals surface area contributed by atoms with Crippen LogP contribution in [-0.2, 0) is 32.7 Å². The molecule has 336 valence electrons. The van der Waals surface area contributed by atoms with E-state index in [1.54, 1.807) is 0 Å². The SMILES string of the molecule is CC/C=C\C/C=C\C/C=C\C/C=C\C/C=C\C/C=C\C/C=C\CCCC(=O)OC(COC(=O)CC/C=C\C/C=C\C/C=C\C/C=C\CC)COP(=O)([O-])OCC[N+](C)(C)C. The highest BCUT2D eigenvalue weighted by Crippen LogP contribution is 2.38. The minimum Gasteiger partial charge on any atom is -0.756 e. The van der Waals surface area contributed by atoms with Crippen molar-refractivity contribution in [1.82, 2.24) is 0 Å². The number of ether oxygens (including phenoxy) is 2. The topological polar surface area (TPSA) is 111 Å². The van der Waals surface area contributed by atoms with E-state index in [1.165, 1.54) is 0 Å². The van der Waals surface area contributed by atoms with Crippen LogP contribution in [0, 0.1) is 0 Å². The number of phosphoric ester groups is 1. The Kier molecular flexibility index (Phi) is 37.9. The van der Waals surface area contributed by atoms with Crippen LogP contribution in [0.3, 0.4) is 0 Å². The predicted molar refractivity (Wildman–Crippen MR) is 249 cm³/mol. The first-order valence-corrected chi connectivity index (χ1v) is 23.4. The molecule has 0 aliphatic rings. The lowest BCUT2D eigenvalue weighted by Crippen LogP contribution is -2.37. The fourth-order valence-electron chi connectivity index (χ4n) is 4.83. The lowest BCUT2D eigenvalue weighted by atomic mass is 10.2. The summed E-state index contributed by atoms with van der Waals surface area (Å²) in [4.78, 5) is 37.5. The van der Waals surface area contributed by atoms with Gasteiger partial charge in [-0.2, -0.15) is 0 Å². The number of allylic oxidation sites excluding steroid dienone is 22. The molecule has 60 heavy (non-hydrogen) atoms. The molecule has 0 aliphatic carbocycles. The van der Waals surface area contributed by atoms with Crippen molar-refractivity contribution in [2.75, 3.05) is 47.5 Å². The van der Waals surface area contributed by atoms with Gasteiger partial charge in [-0.05, 0) is 89.9 Å². The second-order valence-corrected chi connectivity index (χ2v) is 16.4. The molecule has 0 radical (unpaired) electrons. The standard InChI is InChI=1S/C50H78NO8P/c1-6-8-10-12-14-16-18-20-21-22-23-24-25-26-27-28-29-31-33-35-37-39-41-43-50(53)59-48(47-58-60(54,55)57-45-44-51(3,4)5)46-56-49(52)42-40-38-36-34-32-30-19-17-15-13-11-9-7-2/h8-11,14-17,20-21,23-24,26-27,29-32,35-38,48H,6-7,12-13,18-19,22,25,28,33-34,39-47H2,1-5H3/b10-8-,11-9-,16-14-,17-15-,21-20-,24-23-,27-26-,31-29-,32-30-,37-35-,38-36-. The van der Waals surface area contributed by atoms with Gasteiger partial charge >= 0.3 is 11.9 Å². The molecule has 0 aliphatic heterocycles. The van der Waals surface area contributed by atoms with Crippen molar-refractivity contribution in [3.05, 3.63) is 134 Å². The second kappa shape index (κ2) is 40.6. The van der Waals surface area contributed by atoms with Gasteiger partial charge in [-0.3, -0.25) is 14.2 Å². The Morgan fingerprint density at radius 3 is 1.30 bits per heavy atom. The zero-order chi connectivity index (χ0) is 44.3.